The molecule has 124 valence electrons. The van der Waals surface area contributed by atoms with Crippen molar-refractivity contribution in [2.45, 2.75) is 32.4 Å². The number of aryl methyl sites for hydroxylation is 1. The summed E-state index contributed by atoms with van der Waals surface area (Å²) >= 11 is 0. The number of hydrogen-bond acceptors (Lipinski definition) is 4. The molecule has 1 heterocycles. The summed E-state index contributed by atoms with van der Waals surface area (Å²) in [5.74, 6) is 0.858. The fourth-order valence-electron chi connectivity index (χ4n) is 2.56. The van der Waals surface area contributed by atoms with E-state index in [2.05, 4.69) is 16.7 Å². The zero-order valence-corrected chi connectivity index (χ0v) is 14.2. The summed E-state index contributed by atoms with van der Waals surface area (Å²) < 4.78 is 10.8. The van der Waals surface area contributed by atoms with E-state index in [1.807, 2.05) is 26.0 Å². The van der Waals surface area contributed by atoms with Crippen molar-refractivity contribution in [3.63, 3.8) is 0 Å². The molecule has 1 amide bonds. The number of carbonyl (C=O) groups is 1. The van der Waals surface area contributed by atoms with Gasteiger partial charge in [0.15, 0.2) is 0 Å². The Balaban J connectivity index is 0.00000242. The van der Waals surface area contributed by atoms with Gasteiger partial charge in [-0.3, -0.25) is 4.79 Å². The number of ether oxygens (including phenoxy) is 2. The van der Waals surface area contributed by atoms with Gasteiger partial charge in [0.1, 0.15) is 11.8 Å². The second-order valence-corrected chi connectivity index (χ2v) is 5.36. The minimum atomic E-state index is -0.266. The van der Waals surface area contributed by atoms with E-state index in [4.69, 9.17) is 9.47 Å². The Morgan fingerprint density at radius 2 is 2.27 bits per heavy atom. The molecule has 0 saturated carbocycles. The lowest BCUT2D eigenvalue weighted by atomic mass is 10.1. The van der Waals surface area contributed by atoms with Gasteiger partial charge in [-0.25, -0.2) is 0 Å². The fourth-order valence-corrected chi connectivity index (χ4v) is 2.56. The third-order valence-corrected chi connectivity index (χ3v) is 3.73. The van der Waals surface area contributed by atoms with Gasteiger partial charge >= 0.3 is 0 Å². The normalized spacial score (nSPS) is 20.9. The highest BCUT2D eigenvalue weighted by Gasteiger charge is 2.27. The van der Waals surface area contributed by atoms with E-state index in [-0.39, 0.29) is 30.5 Å². The lowest BCUT2D eigenvalue weighted by Crippen LogP contribution is -2.55. The Morgan fingerprint density at radius 3 is 2.95 bits per heavy atom. The molecule has 1 fully saturated rings. The molecule has 5 nitrogen and oxygen atoms in total. The topological polar surface area (TPSA) is 59.6 Å². The predicted octanol–water partition coefficient (Wildman–Crippen LogP) is 1.46. The van der Waals surface area contributed by atoms with E-state index in [1.54, 1.807) is 7.11 Å². The zero-order chi connectivity index (χ0) is 15.2. The first-order valence-electron chi connectivity index (χ1n) is 7.38. The number of carbonyl (C=O) groups excluding carboxylic acids is 1. The van der Waals surface area contributed by atoms with Gasteiger partial charge in [0.05, 0.1) is 19.8 Å². The second kappa shape index (κ2) is 8.98. The number of amides is 1. The molecule has 1 aromatic rings. The molecule has 2 atom stereocenters. The van der Waals surface area contributed by atoms with Crippen LogP contribution in [-0.2, 0) is 16.0 Å². The van der Waals surface area contributed by atoms with Crippen molar-refractivity contribution in [1.29, 1.82) is 0 Å². The molecule has 0 unspecified atom stereocenters. The summed E-state index contributed by atoms with van der Waals surface area (Å²) in [5, 5.41) is 6.15. The number of hydrogen-bond donors (Lipinski definition) is 2. The van der Waals surface area contributed by atoms with Crippen LogP contribution in [-0.4, -0.2) is 44.9 Å². The Kier molecular flexibility index (Phi) is 7.65. The van der Waals surface area contributed by atoms with E-state index in [9.17, 15) is 4.79 Å². The minimum Gasteiger partial charge on any atom is -0.496 e. The number of nitrogens with one attached hydrogen (secondary N) is 2. The molecule has 1 aliphatic heterocycles. The highest BCUT2D eigenvalue weighted by atomic mass is 35.5. The number of halogens is 1. The molecule has 1 aliphatic rings. The highest BCUT2D eigenvalue weighted by molar-refractivity contribution is 5.85. The van der Waals surface area contributed by atoms with E-state index in [0.717, 1.165) is 17.7 Å². The molecule has 0 bridgehead atoms. The molecule has 2 rings (SSSR count). The Bertz CT molecular complexity index is 496. The summed E-state index contributed by atoms with van der Waals surface area (Å²) in [6.45, 7) is 5.93. The number of benzene rings is 1. The first kappa shape index (κ1) is 18.7. The van der Waals surface area contributed by atoms with E-state index in [1.165, 1.54) is 5.56 Å². The van der Waals surface area contributed by atoms with Crippen LogP contribution in [0.3, 0.4) is 0 Å². The van der Waals surface area contributed by atoms with E-state index < -0.39 is 0 Å². The van der Waals surface area contributed by atoms with Gasteiger partial charge < -0.3 is 20.1 Å². The largest absolute Gasteiger partial charge is 0.496 e. The van der Waals surface area contributed by atoms with Gasteiger partial charge in [0, 0.05) is 13.1 Å². The maximum absolute atomic E-state index is 12.1. The molecule has 22 heavy (non-hydrogen) atoms. The summed E-state index contributed by atoms with van der Waals surface area (Å²) in [4.78, 5) is 12.1. The highest BCUT2D eigenvalue weighted by Crippen LogP contribution is 2.19. The van der Waals surface area contributed by atoms with Crippen molar-refractivity contribution in [1.82, 2.24) is 10.6 Å². The summed E-state index contributed by atoms with van der Waals surface area (Å²) in [7, 11) is 1.66. The van der Waals surface area contributed by atoms with Crippen LogP contribution in [0.25, 0.3) is 0 Å². The first-order valence-corrected chi connectivity index (χ1v) is 7.38. The summed E-state index contributed by atoms with van der Waals surface area (Å²) in [5.41, 5.74) is 2.30. The molecule has 6 heteroatoms. The smallest absolute Gasteiger partial charge is 0.239 e. The van der Waals surface area contributed by atoms with Gasteiger partial charge in [0.2, 0.25) is 5.91 Å². The van der Waals surface area contributed by atoms with Gasteiger partial charge in [-0.2, -0.15) is 0 Å². The van der Waals surface area contributed by atoms with Crippen molar-refractivity contribution in [3.8, 4) is 5.75 Å². The van der Waals surface area contributed by atoms with Crippen LogP contribution < -0.4 is 15.4 Å². The molecule has 0 spiro atoms. The van der Waals surface area contributed by atoms with Crippen LogP contribution in [0.15, 0.2) is 18.2 Å². The molecular formula is C16H25ClN2O3. The molecule has 0 radical (unpaired) electrons. The minimum absolute atomic E-state index is 0. The summed E-state index contributed by atoms with van der Waals surface area (Å²) in [6, 6.07) is 5.81. The maximum Gasteiger partial charge on any atom is 0.239 e. The average molecular weight is 329 g/mol. The fraction of sp³-hybridized carbons (Fsp3) is 0.562. The van der Waals surface area contributed by atoms with Crippen molar-refractivity contribution < 1.29 is 14.3 Å². The average Bonchev–Trinajstić information content (AvgIpc) is 2.48. The van der Waals surface area contributed by atoms with Crippen molar-refractivity contribution in [2.24, 2.45) is 0 Å². The third kappa shape index (κ3) is 4.87. The number of morpholine rings is 1. The van der Waals surface area contributed by atoms with Gasteiger partial charge in [-0.05, 0) is 31.9 Å². The number of rotatable bonds is 5. The van der Waals surface area contributed by atoms with Crippen LogP contribution in [0.4, 0.5) is 0 Å². The van der Waals surface area contributed by atoms with Gasteiger partial charge in [0.25, 0.3) is 0 Å². The van der Waals surface area contributed by atoms with Crippen molar-refractivity contribution >= 4 is 18.3 Å². The Morgan fingerprint density at radius 1 is 1.50 bits per heavy atom. The maximum atomic E-state index is 12.1. The van der Waals surface area contributed by atoms with Crippen molar-refractivity contribution in [3.05, 3.63) is 29.3 Å². The molecule has 1 saturated heterocycles. The molecule has 2 N–H and O–H groups in total. The molecular weight excluding hydrogens is 304 g/mol. The monoisotopic (exact) mass is 328 g/mol. The molecule has 0 aliphatic carbocycles. The van der Waals surface area contributed by atoms with E-state index in [0.29, 0.717) is 19.7 Å². The van der Waals surface area contributed by atoms with Gasteiger partial charge in [-0.15, -0.1) is 12.4 Å². The van der Waals surface area contributed by atoms with Crippen LogP contribution in [0, 0.1) is 6.92 Å². The number of methoxy groups -OCH3 is 1. The Labute approximate surface area is 138 Å². The van der Waals surface area contributed by atoms with Gasteiger partial charge in [-0.1, -0.05) is 17.7 Å². The predicted molar refractivity (Wildman–Crippen MR) is 88.9 cm³/mol. The first-order chi connectivity index (χ1) is 10.1. The zero-order valence-electron chi connectivity index (χ0n) is 13.3. The van der Waals surface area contributed by atoms with Crippen LogP contribution >= 0.6 is 12.4 Å². The molecule has 0 aromatic heterocycles. The van der Waals surface area contributed by atoms with Crippen molar-refractivity contribution in [2.75, 3.05) is 26.8 Å². The SMILES string of the molecule is COc1ccc(C)cc1CCNC(=O)[C@H]1NCCO[C@@H]1C.Cl. The Hall–Kier alpha value is -1.30. The lowest BCUT2D eigenvalue weighted by Gasteiger charge is -2.29. The summed E-state index contributed by atoms with van der Waals surface area (Å²) in [6.07, 6.45) is 0.658. The second-order valence-electron chi connectivity index (χ2n) is 5.36. The van der Waals surface area contributed by atoms with Crippen LogP contribution in [0.1, 0.15) is 18.1 Å². The standard InChI is InChI=1S/C16H24N2O3.ClH/c1-11-4-5-14(20-3)13(10-11)6-7-18-16(19)15-12(2)21-9-8-17-15;/h4-5,10,12,15,17H,6-9H2,1-3H3,(H,18,19);1H/t12-,15+;/m1./s1. The lowest BCUT2D eigenvalue weighted by molar-refractivity contribution is -0.128. The quantitative estimate of drug-likeness (QED) is 0.859. The van der Waals surface area contributed by atoms with Crippen LogP contribution in [0.2, 0.25) is 0 Å². The van der Waals surface area contributed by atoms with Crippen LogP contribution in [0.5, 0.6) is 5.75 Å². The third-order valence-electron chi connectivity index (χ3n) is 3.73. The van der Waals surface area contributed by atoms with E-state index >= 15 is 0 Å². The molecule has 1 aromatic carbocycles.